The molecule has 1 aromatic heterocycles. The van der Waals surface area contributed by atoms with Gasteiger partial charge in [-0.2, -0.15) is 0 Å². The number of hydrogen-bond donors (Lipinski definition) is 1. The number of nitrogens with zero attached hydrogens (tertiary/aromatic N) is 2. The van der Waals surface area contributed by atoms with Crippen molar-refractivity contribution >= 4 is 39.0 Å². The number of para-hydroxylation sites is 2. The molecule has 0 aliphatic carbocycles. The molecule has 6 aromatic carbocycles. The Morgan fingerprint density at radius 1 is 0.524 bits per heavy atom. The van der Waals surface area contributed by atoms with Gasteiger partial charge in [0.15, 0.2) is 0 Å². The molecular weight excluding hydrogens is 510 g/mol. The van der Waals surface area contributed by atoms with Crippen molar-refractivity contribution in [1.82, 2.24) is 4.57 Å². The molecule has 3 heteroatoms. The Hall–Kier alpha value is -5.67. The Morgan fingerprint density at radius 2 is 1.07 bits per heavy atom. The highest BCUT2D eigenvalue weighted by atomic mass is 15.2. The number of hydrogen-bond acceptors (Lipinski definition) is 1. The second kappa shape index (κ2) is 10.7. The van der Waals surface area contributed by atoms with Crippen LogP contribution in [0.25, 0.3) is 49.6 Å². The van der Waals surface area contributed by atoms with Gasteiger partial charge >= 0.3 is 0 Å². The lowest BCUT2D eigenvalue weighted by Gasteiger charge is -2.12. The van der Waals surface area contributed by atoms with E-state index in [0.717, 1.165) is 55.3 Å². The molecule has 0 saturated heterocycles. The van der Waals surface area contributed by atoms with E-state index in [1.165, 1.54) is 11.1 Å². The number of aliphatic imine (C=N–C) groups is 1. The first-order valence-electron chi connectivity index (χ1n) is 14.0. The average Bonchev–Trinajstić information content (AvgIpc) is 3.39. The Labute approximate surface area is 245 Å². The van der Waals surface area contributed by atoms with Gasteiger partial charge in [0.1, 0.15) is 0 Å². The van der Waals surface area contributed by atoms with E-state index in [1.54, 1.807) is 0 Å². The van der Waals surface area contributed by atoms with Crippen molar-refractivity contribution in [2.45, 2.75) is 0 Å². The van der Waals surface area contributed by atoms with Gasteiger partial charge in [0.05, 0.1) is 16.7 Å². The van der Waals surface area contributed by atoms with Crippen molar-refractivity contribution in [2.24, 2.45) is 10.7 Å². The maximum atomic E-state index is 6.87. The average molecular weight is 540 g/mol. The van der Waals surface area contributed by atoms with Crippen LogP contribution >= 0.6 is 0 Å². The van der Waals surface area contributed by atoms with Gasteiger partial charge in [-0.05, 0) is 51.6 Å². The van der Waals surface area contributed by atoms with Gasteiger partial charge in [0, 0.05) is 16.3 Å². The van der Waals surface area contributed by atoms with Crippen molar-refractivity contribution in [2.75, 3.05) is 0 Å². The number of fused-ring (bicyclic) bond motifs is 3. The van der Waals surface area contributed by atoms with E-state index in [0.29, 0.717) is 5.96 Å². The Morgan fingerprint density at radius 3 is 1.81 bits per heavy atom. The van der Waals surface area contributed by atoms with Gasteiger partial charge < -0.3 is 5.73 Å². The van der Waals surface area contributed by atoms with Gasteiger partial charge in [0.25, 0.3) is 0 Å². The Balaban J connectivity index is 1.31. The van der Waals surface area contributed by atoms with Crippen molar-refractivity contribution in [3.63, 3.8) is 0 Å². The monoisotopic (exact) mass is 539 g/mol. The summed E-state index contributed by atoms with van der Waals surface area (Å²) in [6.45, 7) is 4.46. The summed E-state index contributed by atoms with van der Waals surface area (Å²) in [7, 11) is 0. The molecular formula is C39H29N3. The molecule has 0 fully saturated rings. The quantitative estimate of drug-likeness (QED) is 0.172. The topological polar surface area (TPSA) is 43.3 Å². The van der Waals surface area contributed by atoms with Gasteiger partial charge in [-0.3, -0.25) is 4.57 Å². The first-order valence-corrected chi connectivity index (χ1v) is 14.0. The fourth-order valence-electron chi connectivity index (χ4n) is 5.68. The molecule has 42 heavy (non-hydrogen) atoms. The zero-order valence-corrected chi connectivity index (χ0v) is 23.1. The summed E-state index contributed by atoms with van der Waals surface area (Å²) in [4.78, 5) is 5.01. The maximum absolute atomic E-state index is 6.87. The molecule has 1 heterocycles. The summed E-state index contributed by atoms with van der Waals surface area (Å²) >= 11 is 0. The molecule has 0 unspecified atom stereocenters. The minimum absolute atomic E-state index is 0.408. The molecule has 7 aromatic rings. The lowest BCUT2D eigenvalue weighted by atomic mass is 9.96. The third-order valence-corrected chi connectivity index (χ3v) is 7.81. The summed E-state index contributed by atoms with van der Waals surface area (Å²) in [6, 6.07) is 52.2. The molecule has 0 aliphatic rings. The molecule has 0 atom stereocenters. The lowest BCUT2D eigenvalue weighted by Crippen LogP contribution is -2.21. The van der Waals surface area contributed by atoms with Crippen LogP contribution in [-0.2, 0) is 0 Å². The molecule has 0 spiro atoms. The first-order chi connectivity index (χ1) is 20.7. The van der Waals surface area contributed by atoms with E-state index >= 15 is 0 Å². The van der Waals surface area contributed by atoms with Gasteiger partial charge in [-0.15, -0.1) is 0 Å². The lowest BCUT2D eigenvalue weighted by molar-refractivity contribution is 1.21. The van der Waals surface area contributed by atoms with Crippen molar-refractivity contribution in [1.29, 1.82) is 0 Å². The first kappa shape index (κ1) is 25.3. The minimum atomic E-state index is 0.408. The van der Waals surface area contributed by atoms with E-state index < -0.39 is 0 Å². The molecule has 2 N–H and O–H groups in total. The highest BCUT2D eigenvalue weighted by Crippen LogP contribution is 2.34. The molecule has 0 radical (unpaired) electrons. The molecule has 0 aliphatic heterocycles. The van der Waals surface area contributed by atoms with Gasteiger partial charge in [-0.25, -0.2) is 4.99 Å². The number of benzene rings is 6. The predicted octanol–water partition coefficient (Wildman–Crippen LogP) is 9.68. The van der Waals surface area contributed by atoms with E-state index in [-0.39, 0.29) is 0 Å². The fraction of sp³-hybridized carbons (Fsp3) is 0. The third-order valence-electron chi connectivity index (χ3n) is 7.81. The standard InChI is InChI=1S/C39H29N3/c1-27(28-20-22-31(23-21-28)29-12-4-2-5-13-29)33-16-8-10-18-36(33)41-39(40)42-37-19-11-9-17-34(37)35-25-24-32(26-38(35)42)30-14-6-3-7-15-30/h2-26H,1H2,(H2,40,41). The normalized spacial score (nSPS) is 11.7. The van der Waals surface area contributed by atoms with Crippen molar-refractivity contribution in [3.8, 4) is 22.3 Å². The number of aromatic nitrogens is 1. The van der Waals surface area contributed by atoms with E-state index in [1.807, 2.05) is 36.4 Å². The second-order valence-corrected chi connectivity index (χ2v) is 10.4. The van der Waals surface area contributed by atoms with E-state index in [9.17, 15) is 0 Å². The zero-order chi connectivity index (χ0) is 28.5. The smallest absolute Gasteiger partial charge is 0.205 e. The Kier molecular flexibility index (Phi) is 6.46. The molecule has 3 nitrogen and oxygen atoms in total. The van der Waals surface area contributed by atoms with Crippen LogP contribution in [0.3, 0.4) is 0 Å². The summed E-state index contributed by atoms with van der Waals surface area (Å²) < 4.78 is 2.06. The van der Waals surface area contributed by atoms with Crippen LogP contribution in [0.2, 0.25) is 0 Å². The van der Waals surface area contributed by atoms with E-state index in [4.69, 9.17) is 10.7 Å². The SMILES string of the molecule is C=C(c1ccc(-c2ccccc2)cc1)c1ccccc1N=C(N)n1c2ccccc2c2ccc(-c3ccccc3)cc21. The zero-order valence-electron chi connectivity index (χ0n) is 23.1. The number of rotatable bonds is 5. The molecule has 0 amide bonds. The van der Waals surface area contributed by atoms with Crippen molar-refractivity contribution in [3.05, 3.63) is 169 Å². The van der Waals surface area contributed by atoms with Crippen LogP contribution in [0.1, 0.15) is 11.1 Å². The van der Waals surface area contributed by atoms with Crippen LogP contribution < -0.4 is 5.73 Å². The minimum Gasteiger partial charge on any atom is -0.369 e. The Bertz CT molecular complexity index is 2080. The molecule has 0 bridgehead atoms. The van der Waals surface area contributed by atoms with Crippen LogP contribution in [0.15, 0.2) is 163 Å². The summed E-state index contributed by atoms with van der Waals surface area (Å²) in [6.07, 6.45) is 0. The van der Waals surface area contributed by atoms with Gasteiger partial charge in [0.2, 0.25) is 5.96 Å². The molecule has 7 rings (SSSR count). The second-order valence-electron chi connectivity index (χ2n) is 10.4. The molecule has 0 saturated carbocycles. The third kappa shape index (κ3) is 4.57. The van der Waals surface area contributed by atoms with Crippen LogP contribution in [-0.4, -0.2) is 10.5 Å². The van der Waals surface area contributed by atoms with Crippen molar-refractivity contribution < 1.29 is 0 Å². The predicted molar refractivity (Wildman–Crippen MR) is 178 cm³/mol. The summed E-state index contributed by atoms with van der Waals surface area (Å²) in [5.41, 5.74) is 17.2. The maximum Gasteiger partial charge on any atom is 0.205 e. The fourth-order valence-corrected chi connectivity index (χ4v) is 5.68. The van der Waals surface area contributed by atoms with Gasteiger partial charge in [-0.1, -0.05) is 140 Å². The molecule has 200 valence electrons. The highest BCUT2D eigenvalue weighted by molar-refractivity contribution is 6.14. The summed E-state index contributed by atoms with van der Waals surface area (Å²) in [5.74, 6) is 0.408. The van der Waals surface area contributed by atoms with Crippen LogP contribution in [0.4, 0.5) is 5.69 Å². The number of nitrogens with two attached hydrogens (primary N) is 1. The highest BCUT2D eigenvalue weighted by Gasteiger charge is 2.15. The van der Waals surface area contributed by atoms with E-state index in [2.05, 4.69) is 126 Å². The van der Waals surface area contributed by atoms with Crippen LogP contribution in [0.5, 0.6) is 0 Å². The largest absolute Gasteiger partial charge is 0.369 e. The summed E-state index contributed by atoms with van der Waals surface area (Å²) in [5, 5.41) is 2.28. The van der Waals surface area contributed by atoms with Crippen LogP contribution in [0, 0.1) is 0 Å².